The van der Waals surface area contributed by atoms with Gasteiger partial charge in [-0.25, -0.2) is 0 Å². The van der Waals surface area contributed by atoms with E-state index in [1.165, 1.54) is 0 Å². The van der Waals surface area contributed by atoms with E-state index >= 15 is 0 Å². The van der Waals surface area contributed by atoms with Crippen molar-refractivity contribution in [3.63, 3.8) is 0 Å². The van der Waals surface area contributed by atoms with Gasteiger partial charge in [-0.05, 0) is 25.0 Å². The van der Waals surface area contributed by atoms with E-state index in [9.17, 15) is 4.79 Å². The zero-order valence-corrected chi connectivity index (χ0v) is 14.1. The Labute approximate surface area is 145 Å². The Morgan fingerprint density at radius 2 is 1.60 bits per heavy atom. The van der Waals surface area contributed by atoms with E-state index in [-0.39, 0.29) is 5.56 Å². The molecule has 0 radical (unpaired) electrons. The smallest absolute Gasteiger partial charge is 0.262 e. The monoisotopic (exact) mass is 330 g/mol. The van der Waals surface area contributed by atoms with Crippen LogP contribution in [0.3, 0.4) is 0 Å². The molecule has 0 saturated heterocycles. The topological polar surface area (TPSA) is 58.9 Å². The number of fused-ring (bicyclic) bond motifs is 1. The molecule has 0 saturated carbocycles. The second-order valence-electron chi connectivity index (χ2n) is 6.60. The largest absolute Gasteiger partial charge is 0.445 e. The average Bonchev–Trinajstić information content (AvgIpc) is 3.08. The van der Waals surface area contributed by atoms with Gasteiger partial charge in [-0.3, -0.25) is 4.79 Å². The first kappa shape index (κ1) is 15.4. The maximum absolute atomic E-state index is 12.8. The van der Waals surface area contributed by atoms with E-state index in [1.54, 1.807) is 6.26 Å². The van der Waals surface area contributed by atoms with E-state index < -0.39 is 5.41 Å². The number of nitrogens with zero attached hydrogens (tertiary/aromatic N) is 1. The molecule has 0 atom stereocenters. The van der Waals surface area contributed by atoms with Crippen LogP contribution in [-0.2, 0) is 5.41 Å². The van der Waals surface area contributed by atoms with Crippen molar-refractivity contribution in [1.82, 2.24) is 9.97 Å². The minimum absolute atomic E-state index is 0.184. The fourth-order valence-electron chi connectivity index (χ4n) is 3.07. The van der Waals surface area contributed by atoms with Crippen LogP contribution < -0.4 is 5.56 Å². The molecule has 0 aliphatic heterocycles. The highest BCUT2D eigenvalue weighted by atomic mass is 16.3. The van der Waals surface area contributed by atoms with E-state index in [1.807, 2.05) is 74.5 Å². The van der Waals surface area contributed by atoms with Gasteiger partial charge in [0, 0.05) is 11.0 Å². The number of benzene rings is 2. The number of aromatic nitrogens is 2. The Morgan fingerprint density at radius 3 is 2.28 bits per heavy atom. The molecule has 4 heteroatoms. The summed E-state index contributed by atoms with van der Waals surface area (Å²) in [4.78, 5) is 20.3. The van der Waals surface area contributed by atoms with Crippen molar-refractivity contribution in [1.29, 1.82) is 0 Å². The van der Waals surface area contributed by atoms with Crippen LogP contribution in [0.5, 0.6) is 0 Å². The standard InChI is InChI=1S/C21H18N2O2/c1-21(2,15-11-7-4-8-12-15)20-22-18(24)17-16(13-25-19(17)23-20)14-9-5-3-6-10-14/h3-13H,1-2H3,(H,22,23,24). The Morgan fingerprint density at radius 1 is 0.960 bits per heavy atom. The van der Waals surface area contributed by atoms with Gasteiger partial charge in [-0.15, -0.1) is 0 Å². The predicted molar refractivity (Wildman–Crippen MR) is 98.6 cm³/mol. The van der Waals surface area contributed by atoms with Crippen LogP contribution in [0.15, 0.2) is 76.1 Å². The summed E-state index contributed by atoms with van der Waals surface area (Å²) in [6, 6.07) is 19.7. The molecule has 0 aliphatic carbocycles. The molecular weight excluding hydrogens is 312 g/mol. The molecule has 124 valence electrons. The maximum atomic E-state index is 12.8. The molecule has 0 amide bonds. The number of hydrogen-bond acceptors (Lipinski definition) is 3. The van der Waals surface area contributed by atoms with Gasteiger partial charge in [0.25, 0.3) is 5.56 Å². The minimum atomic E-state index is -0.436. The van der Waals surface area contributed by atoms with E-state index in [2.05, 4.69) is 9.97 Å². The Hall–Kier alpha value is -3.14. The zero-order valence-electron chi connectivity index (χ0n) is 14.1. The third kappa shape index (κ3) is 2.56. The quantitative estimate of drug-likeness (QED) is 0.601. The van der Waals surface area contributed by atoms with Gasteiger partial charge in [0.15, 0.2) is 0 Å². The van der Waals surface area contributed by atoms with E-state index in [0.717, 1.165) is 16.7 Å². The lowest BCUT2D eigenvalue weighted by Gasteiger charge is -2.23. The first-order valence-corrected chi connectivity index (χ1v) is 8.20. The van der Waals surface area contributed by atoms with Gasteiger partial charge in [-0.2, -0.15) is 4.98 Å². The SMILES string of the molecule is CC(C)(c1ccccc1)c1nc2occ(-c3ccccc3)c2c(=O)[nH]1. The summed E-state index contributed by atoms with van der Waals surface area (Å²) >= 11 is 0. The lowest BCUT2D eigenvalue weighted by atomic mass is 9.84. The van der Waals surface area contributed by atoms with Crippen molar-refractivity contribution in [2.75, 3.05) is 0 Å². The summed E-state index contributed by atoms with van der Waals surface area (Å²) in [6.45, 7) is 4.07. The predicted octanol–water partition coefficient (Wildman–Crippen LogP) is 4.51. The summed E-state index contributed by atoms with van der Waals surface area (Å²) in [5, 5.41) is 0.485. The van der Waals surface area contributed by atoms with Crippen molar-refractivity contribution in [2.24, 2.45) is 0 Å². The summed E-state index contributed by atoms with van der Waals surface area (Å²) in [6.07, 6.45) is 1.60. The average molecular weight is 330 g/mol. The highest BCUT2D eigenvalue weighted by molar-refractivity contribution is 5.91. The first-order chi connectivity index (χ1) is 12.1. The molecule has 0 spiro atoms. The third-order valence-electron chi connectivity index (χ3n) is 4.62. The van der Waals surface area contributed by atoms with Crippen LogP contribution in [0.2, 0.25) is 0 Å². The fraction of sp³-hybridized carbons (Fsp3) is 0.143. The molecule has 2 heterocycles. The lowest BCUT2D eigenvalue weighted by Crippen LogP contribution is -2.26. The molecular formula is C21H18N2O2. The van der Waals surface area contributed by atoms with Crippen LogP contribution in [0.4, 0.5) is 0 Å². The Bertz CT molecular complexity index is 1080. The molecule has 0 aliphatic rings. The van der Waals surface area contributed by atoms with Gasteiger partial charge in [-0.1, -0.05) is 60.7 Å². The third-order valence-corrected chi connectivity index (χ3v) is 4.62. The number of hydrogen-bond donors (Lipinski definition) is 1. The van der Waals surface area contributed by atoms with Gasteiger partial charge in [0.05, 0.1) is 0 Å². The number of H-pyrrole nitrogens is 1. The number of furan rings is 1. The fourth-order valence-corrected chi connectivity index (χ4v) is 3.07. The molecule has 0 fully saturated rings. The molecule has 1 N–H and O–H groups in total. The van der Waals surface area contributed by atoms with E-state index in [4.69, 9.17) is 4.42 Å². The molecule has 4 rings (SSSR count). The zero-order chi connectivity index (χ0) is 17.4. The minimum Gasteiger partial charge on any atom is -0.445 e. The van der Waals surface area contributed by atoms with Crippen molar-refractivity contribution >= 4 is 11.1 Å². The molecule has 2 aromatic heterocycles. The lowest BCUT2D eigenvalue weighted by molar-refractivity contribution is 0.563. The first-order valence-electron chi connectivity index (χ1n) is 8.20. The van der Waals surface area contributed by atoms with Crippen molar-refractivity contribution in [3.8, 4) is 11.1 Å². The summed E-state index contributed by atoms with van der Waals surface area (Å²) in [5.41, 5.74) is 2.51. The Kier molecular flexibility index (Phi) is 3.53. The molecule has 4 aromatic rings. The second-order valence-corrected chi connectivity index (χ2v) is 6.60. The highest BCUT2D eigenvalue weighted by Gasteiger charge is 2.27. The van der Waals surface area contributed by atoms with Gasteiger partial charge in [0.1, 0.15) is 17.5 Å². The molecule has 0 bridgehead atoms. The van der Waals surface area contributed by atoms with Crippen molar-refractivity contribution in [3.05, 3.63) is 88.7 Å². The molecule has 0 unspecified atom stereocenters. The van der Waals surface area contributed by atoms with Crippen molar-refractivity contribution in [2.45, 2.75) is 19.3 Å². The number of nitrogens with one attached hydrogen (secondary N) is 1. The van der Waals surface area contributed by atoms with Crippen LogP contribution >= 0.6 is 0 Å². The van der Waals surface area contributed by atoms with Crippen LogP contribution in [0.25, 0.3) is 22.2 Å². The van der Waals surface area contributed by atoms with Crippen molar-refractivity contribution < 1.29 is 4.42 Å². The Balaban J connectivity index is 1.89. The normalized spacial score (nSPS) is 11.8. The number of rotatable bonds is 3. The maximum Gasteiger partial charge on any atom is 0.262 e. The summed E-state index contributed by atoms with van der Waals surface area (Å²) in [7, 11) is 0. The summed E-state index contributed by atoms with van der Waals surface area (Å²) in [5.74, 6) is 0.588. The summed E-state index contributed by atoms with van der Waals surface area (Å²) < 4.78 is 5.62. The van der Waals surface area contributed by atoms with Gasteiger partial charge >= 0.3 is 0 Å². The van der Waals surface area contributed by atoms with Crippen LogP contribution in [-0.4, -0.2) is 9.97 Å². The van der Waals surface area contributed by atoms with E-state index in [0.29, 0.717) is 16.9 Å². The van der Waals surface area contributed by atoms with Crippen LogP contribution in [0.1, 0.15) is 25.2 Å². The van der Waals surface area contributed by atoms with Crippen LogP contribution in [0, 0.1) is 0 Å². The van der Waals surface area contributed by atoms with Gasteiger partial charge < -0.3 is 9.40 Å². The highest BCUT2D eigenvalue weighted by Crippen LogP contribution is 2.31. The molecule has 2 aromatic carbocycles. The number of aromatic amines is 1. The molecule has 25 heavy (non-hydrogen) atoms. The molecule has 4 nitrogen and oxygen atoms in total. The second kappa shape index (κ2) is 5.74. The van der Waals surface area contributed by atoms with Gasteiger partial charge in [0.2, 0.25) is 5.71 Å².